The highest BCUT2D eigenvalue weighted by Crippen LogP contribution is 2.39. The summed E-state index contributed by atoms with van der Waals surface area (Å²) in [7, 11) is 3.20. The van der Waals surface area contributed by atoms with Gasteiger partial charge in [-0.1, -0.05) is 0 Å². The summed E-state index contributed by atoms with van der Waals surface area (Å²) in [5.41, 5.74) is 0.665. The van der Waals surface area contributed by atoms with E-state index in [1.807, 2.05) is 18.2 Å². The molecule has 0 bridgehead atoms. The maximum absolute atomic E-state index is 13.2. The molecule has 8 heteroatoms. The number of aromatic nitrogens is 2. The zero-order valence-corrected chi connectivity index (χ0v) is 15.9. The van der Waals surface area contributed by atoms with Gasteiger partial charge < -0.3 is 14.4 Å². The Balaban J connectivity index is 1.71. The highest BCUT2D eigenvalue weighted by Gasteiger charge is 2.34. The van der Waals surface area contributed by atoms with Crippen LogP contribution in [0.15, 0.2) is 40.8 Å². The number of rotatable bonds is 4. The van der Waals surface area contributed by atoms with Gasteiger partial charge in [-0.2, -0.15) is 0 Å². The van der Waals surface area contributed by atoms with E-state index < -0.39 is 0 Å². The lowest BCUT2D eigenvalue weighted by molar-refractivity contribution is 0.0731. The molecule has 0 radical (unpaired) electrons. The molecule has 1 aromatic carbocycles. The Hall–Kier alpha value is -2.87. The first-order valence-corrected chi connectivity index (χ1v) is 9.49. The molecule has 4 rings (SSSR count). The van der Waals surface area contributed by atoms with Crippen molar-refractivity contribution in [2.75, 3.05) is 20.8 Å². The number of benzene rings is 1. The van der Waals surface area contributed by atoms with Crippen molar-refractivity contribution in [3.05, 3.63) is 57.5 Å². The number of hydrogen-bond acceptors (Lipinski definition) is 6. The van der Waals surface area contributed by atoms with Gasteiger partial charge in [0.05, 0.1) is 20.3 Å². The molecule has 1 aliphatic heterocycles. The number of fused-ring (bicyclic) bond motifs is 1. The summed E-state index contributed by atoms with van der Waals surface area (Å²) in [6.07, 6.45) is 4.70. The van der Waals surface area contributed by atoms with Crippen molar-refractivity contribution in [2.45, 2.75) is 18.9 Å². The minimum absolute atomic E-state index is 0.0882. The topological polar surface area (TPSA) is 73.1 Å². The molecule has 27 heavy (non-hydrogen) atoms. The lowest BCUT2D eigenvalue weighted by Crippen LogP contribution is -2.35. The molecule has 1 atom stereocenters. The molecule has 0 aliphatic carbocycles. The SMILES string of the molecule is COc1ccc(C2CCCN2C(=O)c2cnc3sccn3c2=O)c(OC)c1. The van der Waals surface area contributed by atoms with Gasteiger partial charge >= 0.3 is 0 Å². The van der Waals surface area contributed by atoms with Gasteiger partial charge in [0.15, 0.2) is 4.96 Å². The van der Waals surface area contributed by atoms with Gasteiger partial charge in [-0.3, -0.25) is 14.0 Å². The average molecular weight is 385 g/mol. The third kappa shape index (κ3) is 2.95. The molecule has 3 aromatic rings. The largest absolute Gasteiger partial charge is 0.497 e. The van der Waals surface area contributed by atoms with Crippen LogP contribution in [0.1, 0.15) is 34.8 Å². The zero-order chi connectivity index (χ0) is 19.0. The fourth-order valence-corrected chi connectivity index (χ4v) is 4.23. The minimum Gasteiger partial charge on any atom is -0.497 e. The van der Waals surface area contributed by atoms with Crippen LogP contribution >= 0.6 is 11.3 Å². The molecule has 1 saturated heterocycles. The van der Waals surface area contributed by atoms with E-state index >= 15 is 0 Å². The summed E-state index contributed by atoms with van der Waals surface area (Å²) >= 11 is 1.36. The molecule has 7 nitrogen and oxygen atoms in total. The number of likely N-dealkylation sites (tertiary alicyclic amines) is 1. The van der Waals surface area contributed by atoms with Gasteiger partial charge in [0.25, 0.3) is 11.5 Å². The predicted octanol–water partition coefficient (Wildman–Crippen LogP) is 2.75. The van der Waals surface area contributed by atoms with Crippen molar-refractivity contribution < 1.29 is 14.3 Å². The van der Waals surface area contributed by atoms with Crippen molar-refractivity contribution in [1.29, 1.82) is 0 Å². The first-order valence-electron chi connectivity index (χ1n) is 8.62. The number of amides is 1. The Morgan fingerprint density at radius 2 is 2.15 bits per heavy atom. The van der Waals surface area contributed by atoms with Crippen LogP contribution in [0.5, 0.6) is 11.5 Å². The van der Waals surface area contributed by atoms with E-state index in [-0.39, 0.29) is 23.1 Å². The number of ether oxygens (including phenoxy) is 2. The van der Waals surface area contributed by atoms with Gasteiger partial charge in [0, 0.05) is 35.9 Å². The zero-order valence-electron chi connectivity index (χ0n) is 15.0. The maximum atomic E-state index is 13.2. The van der Waals surface area contributed by atoms with Crippen LogP contribution in [0, 0.1) is 0 Å². The van der Waals surface area contributed by atoms with Crippen LogP contribution in [0.4, 0.5) is 0 Å². The third-order valence-electron chi connectivity index (χ3n) is 4.89. The second kappa shape index (κ2) is 7.03. The van der Waals surface area contributed by atoms with Gasteiger partial charge in [-0.15, -0.1) is 11.3 Å². The molecule has 1 aliphatic rings. The first kappa shape index (κ1) is 17.5. The lowest BCUT2D eigenvalue weighted by Gasteiger charge is -2.26. The fraction of sp³-hybridized carbons (Fsp3) is 0.316. The fourth-order valence-electron chi connectivity index (χ4n) is 3.55. The first-order chi connectivity index (χ1) is 13.1. The Kier molecular flexibility index (Phi) is 4.57. The number of thiazole rings is 1. The molecule has 0 N–H and O–H groups in total. The predicted molar refractivity (Wildman–Crippen MR) is 102 cm³/mol. The van der Waals surface area contributed by atoms with Gasteiger partial charge in [-0.25, -0.2) is 4.98 Å². The molecule has 0 spiro atoms. The molecule has 1 amide bonds. The molecule has 3 heterocycles. The number of methoxy groups -OCH3 is 2. The number of carbonyl (C=O) groups is 1. The average Bonchev–Trinajstić information content (AvgIpc) is 3.37. The van der Waals surface area contributed by atoms with Crippen LogP contribution in [0.25, 0.3) is 4.96 Å². The Bertz CT molecular complexity index is 1060. The number of carbonyl (C=O) groups excluding carboxylic acids is 1. The van der Waals surface area contributed by atoms with Crippen molar-refractivity contribution >= 4 is 22.2 Å². The highest BCUT2D eigenvalue weighted by atomic mass is 32.1. The Morgan fingerprint density at radius 3 is 2.93 bits per heavy atom. The van der Waals surface area contributed by atoms with Crippen molar-refractivity contribution in [1.82, 2.24) is 14.3 Å². The second-order valence-corrected chi connectivity index (χ2v) is 7.17. The van der Waals surface area contributed by atoms with Crippen LogP contribution in [0.2, 0.25) is 0 Å². The molecular weight excluding hydrogens is 366 g/mol. The van der Waals surface area contributed by atoms with E-state index in [1.165, 1.54) is 21.9 Å². The van der Waals surface area contributed by atoms with Crippen LogP contribution in [0.3, 0.4) is 0 Å². The number of hydrogen-bond donors (Lipinski definition) is 0. The van der Waals surface area contributed by atoms with E-state index in [0.29, 0.717) is 23.0 Å². The van der Waals surface area contributed by atoms with Crippen molar-refractivity contribution in [3.8, 4) is 11.5 Å². The smallest absolute Gasteiger partial charge is 0.271 e. The van der Waals surface area contributed by atoms with Gasteiger partial charge in [0.2, 0.25) is 0 Å². The van der Waals surface area contributed by atoms with E-state index in [4.69, 9.17) is 9.47 Å². The van der Waals surface area contributed by atoms with E-state index in [2.05, 4.69) is 4.98 Å². The summed E-state index contributed by atoms with van der Waals surface area (Å²) in [6.45, 7) is 0.588. The van der Waals surface area contributed by atoms with E-state index in [1.54, 1.807) is 30.7 Å². The quantitative estimate of drug-likeness (QED) is 0.690. The standard InChI is InChI=1S/C19H19N3O4S/c1-25-12-5-6-13(16(10-12)26-2)15-4-3-7-21(15)17(23)14-11-20-19-22(18(14)24)8-9-27-19/h5-6,8-11,15H,3-4,7H2,1-2H3. The minimum atomic E-state index is -0.335. The van der Waals surface area contributed by atoms with Crippen LogP contribution in [-0.4, -0.2) is 41.0 Å². The summed E-state index contributed by atoms with van der Waals surface area (Å²) in [4.78, 5) is 32.4. The normalized spacial score (nSPS) is 16.7. The second-order valence-electron chi connectivity index (χ2n) is 6.30. The molecule has 0 saturated carbocycles. The lowest BCUT2D eigenvalue weighted by atomic mass is 10.0. The summed E-state index contributed by atoms with van der Waals surface area (Å²) in [6, 6.07) is 5.43. The molecule has 140 valence electrons. The summed E-state index contributed by atoms with van der Waals surface area (Å²) < 4.78 is 12.2. The monoisotopic (exact) mass is 385 g/mol. The number of nitrogens with zero attached hydrogens (tertiary/aromatic N) is 3. The molecular formula is C19H19N3O4S. The summed E-state index contributed by atoms with van der Waals surface area (Å²) in [5.74, 6) is 1.06. The molecule has 1 fully saturated rings. The third-order valence-corrected chi connectivity index (χ3v) is 5.66. The van der Waals surface area contributed by atoms with Crippen molar-refractivity contribution in [3.63, 3.8) is 0 Å². The van der Waals surface area contributed by atoms with Gasteiger partial charge in [0.1, 0.15) is 17.1 Å². The van der Waals surface area contributed by atoms with E-state index in [0.717, 1.165) is 18.4 Å². The molecule has 2 aromatic heterocycles. The van der Waals surface area contributed by atoms with Crippen molar-refractivity contribution in [2.24, 2.45) is 0 Å². The van der Waals surface area contributed by atoms with E-state index in [9.17, 15) is 9.59 Å². The molecule has 1 unspecified atom stereocenters. The van der Waals surface area contributed by atoms with Crippen LogP contribution < -0.4 is 15.0 Å². The van der Waals surface area contributed by atoms with Gasteiger partial charge in [-0.05, 0) is 25.0 Å². The Labute approximate surface area is 159 Å². The van der Waals surface area contributed by atoms with Crippen LogP contribution in [-0.2, 0) is 0 Å². The Morgan fingerprint density at radius 1 is 1.30 bits per heavy atom. The maximum Gasteiger partial charge on any atom is 0.271 e. The summed E-state index contributed by atoms with van der Waals surface area (Å²) in [5, 5.41) is 1.78. The highest BCUT2D eigenvalue weighted by molar-refractivity contribution is 7.15.